The lowest BCUT2D eigenvalue weighted by Crippen LogP contribution is -2.02. The van der Waals surface area contributed by atoms with Crippen molar-refractivity contribution in [2.75, 3.05) is 0 Å². The average Bonchev–Trinajstić information content (AvgIpc) is 4.01. The SMILES string of the molecule is c1ccc(-c2cc(-n3c4ccccc4c4cc(-c5ccc6c(c5)c5ccccc5n6-c5cccc(-c6ccc7oc8cccnc8c7c6)c5)ccc43)nc(-c3ccccc3)n2)cc1. The van der Waals surface area contributed by atoms with Crippen LogP contribution >= 0.6 is 0 Å². The zero-order valence-electron chi connectivity index (χ0n) is 33.9. The number of fused-ring (bicyclic) bond motifs is 9. The average molecular weight is 806 g/mol. The summed E-state index contributed by atoms with van der Waals surface area (Å²) in [4.78, 5) is 14.9. The molecule has 0 N–H and O–H groups in total. The summed E-state index contributed by atoms with van der Waals surface area (Å²) >= 11 is 0. The van der Waals surface area contributed by atoms with E-state index in [0.717, 1.165) is 94.7 Å². The molecule has 0 amide bonds. The predicted octanol–water partition coefficient (Wildman–Crippen LogP) is 14.6. The Morgan fingerprint density at radius 2 is 0.921 bits per heavy atom. The van der Waals surface area contributed by atoms with Crippen molar-refractivity contribution in [1.29, 1.82) is 0 Å². The Labute approximate surface area is 361 Å². The largest absolute Gasteiger partial charge is 0.454 e. The van der Waals surface area contributed by atoms with Crippen molar-refractivity contribution < 1.29 is 4.42 Å². The normalized spacial score (nSPS) is 11.8. The fourth-order valence-corrected chi connectivity index (χ4v) is 9.45. The Morgan fingerprint density at radius 3 is 1.65 bits per heavy atom. The van der Waals surface area contributed by atoms with Gasteiger partial charge in [-0.05, 0) is 95.1 Å². The van der Waals surface area contributed by atoms with Crippen LogP contribution in [0, 0.1) is 0 Å². The second-order valence-electron chi connectivity index (χ2n) is 16.0. The highest BCUT2D eigenvalue weighted by Gasteiger charge is 2.19. The van der Waals surface area contributed by atoms with Gasteiger partial charge in [0.25, 0.3) is 0 Å². The summed E-state index contributed by atoms with van der Waals surface area (Å²) in [6, 6.07) is 72.8. The van der Waals surface area contributed by atoms with E-state index in [0.29, 0.717) is 5.82 Å². The third kappa shape index (κ3) is 5.69. The summed E-state index contributed by atoms with van der Waals surface area (Å²) in [5.41, 5.74) is 15.6. The summed E-state index contributed by atoms with van der Waals surface area (Å²) in [5.74, 6) is 1.52. The quantitative estimate of drug-likeness (QED) is 0.168. The van der Waals surface area contributed by atoms with Gasteiger partial charge in [-0.2, -0.15) is 0 Å². The predicted molar refractivity (Wildman–Crippen MR) is 258 cm³/mol. The van der Waals surface area contributed by atoms with Crippen LogP contribution in [0.1, 0.15) is 0 Å². The van der Waals surface area contributed by atoms with E-state index < -0.39 is 0 Å². The highest BCUT2D eigenvalue weighted by molar-refractivity contribution is 6.13. The van der Waals surface area contributed by atoms with Gasteiger partial charge in [-0.1, -0.05) is 127 Å². The number of rotatable bonds is 6. The third-order valence-corrected chi connectivity index (χ3v) is 12.4. The van der Waals surface area contributed by atoms with Gasteiger partial charge in [-0.3, -0.25) is 9.55 Å². The van der Waals surface area contributed by atoms with Gasteiger partial charge in [0.15, 0.2) is 11.4 Å². The lowest BCUT2D eigenvalue weighted by atomic mass is 10.0. The van der Waals surface area contributed by atoms with Crippen LogP contribution in [0.5, 0.6) is 0 Å². The fourth-order valence-electron chi connectivity index (χ4n) is 9.45. The molecule has 0 fully saturated rings. The molecule has 5 aromatic heterocycles. The summed E-state index contributed by atoms with van der Waals surface area (Å²) in [6.07, 6.45) is 1.82. The van der Waals surface area contributed by atoms with E-state index in [4.69, 9.17) is 14.4 Å². The number of furan rings is 1. The summed E-state index contributed by atoms with van der Waals surface area (Å²) in [6.45, 7) is 0. The Bertz CT molecular complexity index is 3860. The third-order valence-electron chi connectivity index (χ3n) is 12.4. The first-order chi connectivity index (χ1) is 31.2. The Hall–Kier alpha value is -8.61. The standard InChI is InChI=1S/C57H35N5O/c1-3-13-36(14-4-1)48-35-55(60-57(59-48)37-15-5-2-6-16-37)62-50-22-10-8-20-44(50)46-33-40(25-28-52(46)62)39-24-27-51-45(32-39)43-19-7-9-21-49(43)61(51)42-18-11-17-38(31-42)41-26-29-53-47(34-41)56-54(63-53)23-12-30-58-56/h1-35H. The second kappa shape index (κ2) is 14.0. The van der Waals surface area contributed by atoms with Crippen molar-refractivity contribution in [1.82, 2.24) is 24.1 Å². The molecule has 8 aromatic carbocycles. The number of para-hydroxylation sites is 2. The van der Waals surface area contributed by atoms with Gasteiger partial charge in [0.05, 0.1) is 27.8 Å². The maximum atomic E-state index is 6.09. The first-order valence-corrected chi connectivity index (χ1v) is 21.2. The molecule has 5 heterocycles. The van der Waals surface area contributed by atoms with Gasteiger partial charge >= 0.3 is 0 Å². The molecule has 0 unspecified atom stereocenters. The van der Waals surface area contributed by atoms with Crippen molar-refractivity contribution in [2.24, 2.45) is 0 Å². The molecule has 13 aromatic rings. The molecule has 6 nitrogen and oxygen atoms in total. The topological polar surface area (TPSA) is 61.7 Å². The van der Waals surface area contributed by atoms with Crippen LogP contribution in [-0.4, -0.2) is 24.1 Å². The smallest absolute Gasteiger partial charge is 0.162 e. The molecule has 0 aliphatic carbocycles. The monoisotopic (exact) mass is 805 g/mol. The van der Waals surface area contributed by atoms with Crippen LogP contribution in [-0.2, 0) is 0 Å². The molecular weight excluding hydrogens is 771 g/mol. The lowest BCUT2D eigenvalue weighted by Gasteiger charge is -2.12. The number of hydrogen-bond donors (Lipinski definition) is 0. The van der Waals surface area contributed by atoms with Gasteiger partial charge in [0.1, 0.15) is 16.9 Å². The van der Waals surface area contributed by atoms with Crippen molar-refractivity contribution in [2.45, 2.75) is 0 Å². The van der Waals surface area contributed by atoms with Crippen LogP contribution in [0.15, 0.2) is 217 Å². The molecule has 0 aliphatic rings. The molecule has 6 heteroatoms. The zero-order chi connectivity index (χ0) is 41.4. The number of pyridine rings is 1. The summed E-state index contributed by atoms with van der Waals surface area (Å²) in [7, 11) is 0. The maximum Gasteiger partial charge on any atom is 0.162 e. The van der Waals surface area contributed by atoms with Gasteiger partial charge in [-0.15, -0.1) is 0 Å². The first kappa shape index (κ1) is 35.2. The van der Waals surface area contributed by atoms with Gasteiger partial charge in [0.2, 0.25) is 0 Å². The fraction of sp³-hybridized carbons (Fsp3) is 0. The summed E-state index contributed by atoms with van der Waals surface area (Å²) < 4.78 is 10.8. The van der Waals surface area contributed by atoms with E-state index >= 15 is 0 Å². The van der Waals surface area contributed by atoms with E-state index in [2.05, 4.69) is 184 Å². The molecule has 0 aliphatic heterocycles. The van der Waals surface area contributed by atoms with Crippen molar-refractivity contribution >= 4 is 65.7 Å². The molecule has 294 valence electrons. The van der Waals surface area contributed by atoms with Crippen molar-refractivity contribution in [3.63, 3.8) is 0 Å². The van der Waals surface area contributed by atoms with E-state index in [9.17, 15) is 0 Å². The highest BCUT2D eigenvalue weighted by Crippen LogP contribution is 2.40. The molecule has 0 saturated heterocycles. The van der Waals surface area contributed by atoms with Crippen LogP contribution in [0.2, 0.25) is 0 Å². The number of nitrogens with zero attached hydrogens (tertiary/aromatic N) is 5. The molecule has 63 heavy (non-hydrogen) atoms. The molecule has 0 spiro atoms. The molecule has 0 saturated carbocycles. The minimum atomic E-state index is 0.690. The van der Waals surface area contributed by atoms with Gasteiger partial charge < -0.3 is 8.98 Å². The van der Waals surface area contributed by atoms with Crippen LogP contribution in [0.4, 0.5) is 0 Å². The summed E-state index contributed by atoms with van der Waals surface area (Å²) in [5, 5.41) is 5.77. The number of benzene rings is 8. The number of aromatic nitrogens is 5. The first-order valence-electron chi connectivity index (χ1n) is 21.2. The van der Waals surface area contributed by atoms with Crippen molar-refractivity contribution in [3.8, 4) is 56.4 Å². The molecule has 0 atom stereocenters. The number of hydrogen-bond acceptors (Lipinski definition) is 4. The van der Waals surface area contributed by atoms with E-state index in [1.54, 1.807) is 0 Å². The highest BCUT2D eigenvalue weighted by atomic mass is 16.3. The second-order valence-corrected chi connectivity index (χ2v) is 16.0. The Kier molecular flexibility index (Phi) is 7.80. The van der Waals surface area contributed by atoms with Crippen LogP contribution in [0.25, 0.3) is 122 Å². The van der Waals surface area contributed by atoms with Crippen molar-refractivity contribution in [3.05, 3.63) is 212 Å². The molecule has 0 bridgehead atoms. The van der Waals surface area contributed by atoms with Crippen LogP contribution < -0.4 is 0 Å². The van der Waals surface area contributed by atoms with Gasteiger partial charge in [-0.25, -0.2) is 9.97 Å². The van der Waals surface area contributed by atoms with E-state index in [1.165, 1.54) is 21.5 Å². The Morgan fingerprint density at radius 1 is 0.349 bits per heavy atom. The molecule has 13 rings (SSSR count). The van der Waals surface area contributed by atoms with E-state index in [1.807, 2.05) is 42.6 Å². The minimum absolute atomic E-state index is 0.690. The minimum Gasteiger partial charge on any atom is -0.454 e. The maximum absolute atomic E-state index is 6.09. The lowest BCUT2D eigenvalue weighted by molar-refractivity contribution is 0.668. The zero-order valence-corrected chi connectivity index (χ0v) is 33.9. The van der Waals surface area contributed by atoms with Crippen LogP contribution in [0.3, 0.4) is 0 Å². The van der Waals surface area contributed by atoms with E-state index in [-0.39, 0.29) is 0 Å². The molecular formula is C57H35N5O. The Balaban J connectivity index is 0.938. The van der Waals surface area contributed by atoms with Gasteiger partial charge in [0, 0.05) is 56.0 Å². The molecule has 0 radical (unpaired) electrons.